The number of sulfonamides is 1. The van der Waals surface area contributed by atoms with E-state index in [2.05, 4.69) is 9.72 Å². The van der Waals surface area contributed by atoms with Crippen molar-refractivity contribution in [2.24, 2.45) is 5.92 Å². The molecule has 1 aliphatic heterocycles. The largest absolute Gasteiger partial charge is 0.619 e. The summed E-state index contributed by atoms with van der Waals surface area (Å²) >= 11 is 12.7. The number of aryl methyl sites for hydroxylation is 1. The number of fused-ring (bicyclic) bond motifs is 1. The lowest BCUT2D eigenvalue weighted by Crippen LogP contribution is -2.36. The monoisotopic (exact) mass is 804 g/mol. The number of amides is 2. The molecule has 1 atom stereocenters. The summed E-state index contributed by atoms with van der Waals surface area (Å²) in [4.78, 5) is 45.6. The van der Waals surface area contributed by atoms with Gasteiger partial charge in [-0.2, -0.15) is 13.5 Å². The molecule has 1 unspecified atom stereocenters. The maximum atomic E-state index is 13.6. The Balaban J connectivity index is 1.26. The Kier molecular flexibility index (Phi) is 11.3. The van der Waals surface area contributed by atoms with E-state index in [4.69, 9.17) is 32.7 Å². The van der Waals surface area contributed by atoms with Crippen molar-refractivity contribution in [3.8, 4) is 11.5 Å². The van der Waals surface area contributed by atoms with E-state index >= 15 is 0 Å². The van der Waals surface area contributed by atoms with Crippen molar-refractivity contribution < 1.29 is 50.5 Å². The van der Waals surface area contributed by atoms with E-state index in [0.717, 1.165) is 35.8 Å². The van der Waals surface area contributed by atoms with E-state index in [1.165, 1.54) is 36.4 Å². The Morgan fingerprint density at radius 1 is 1.04 bits per heavy atom. The average Bonchev–Trinajstić information content (AvgIpc) is 3.90. The van der Waals surface area contributed by atoms with Crippen molar-refractivity contribution >= 4 is 56.7 Å². The van der Waals surface area contributed by atoms with Crippen LogP contribution in [0.4, 0.5) is 14.5 Å². The third-order valence-electron chi connectivity index (χ3n) is 8.63. The van der Waals surface area contributed by atoms with Crippen molar-refractivity contribution in [3.05, 3.63) is 116 Å². The van der Waals surface area contributed by atoms with E-state index in [1.807, 2.05) is 0 Å². The normalized spacial score (nSPS) is 14.6. The van der Waals surface area contributed by atoms with Crippen LogP contribution >= 0.6 is 23.2 Å². The number of imide groups is 1. The van der Waals surface area contributed by atoms with Crippen molar-refractivity contribution in [2.45, 2.75) is 45.4 Å². The number of benzene rings is 2. The highest BCUT2D eigenvalue weighted by molar-refractivity contribution is 7.92. The molecule has 54 heavy (non-hydrogen) atoms. The van der Waals surface area contributed by atoms with Gasteiger partial charge in [-0.3, -0.25) is 28.6 Å². The number of hydrogen-bond donors (Lipinski definition) is 0. The quantitative estimate of drug-likeness (QED) is 0.0621. The molecule has 2 aliphatic rings. The van der Waals surface area contributed by atoms with Gasteiger partial charge in [0.25, 0.3) is 11.8 Å². The van der Waals surface area contributed by atoms with Crippen LogP contribution in [-0.4, -0.2) is 62.1 Å². The zero-order valence-electron chi connectivity index (χ0n) is 28.7. The van der Waals surface area contributed by atoms with Crippen LogP contribution < -0.4 is 18.5 Å². The molecule has 2 aromatic heterocycles. The number of esters is 1. The summed E-state index contributed by atoms with van der Waals surface area (Å²) in [5.41, 5.74) is 1.47. The second-order valence-electron chi connectivity index (χ2n) is 12.8. The molecule has 0 N–H and O–H groups in total. The third kappa shape index (κ3) is 9.00. The Morgan fingerprint density at radius 3 is 2.39 bits per heavy atom. The molecule has 0 bridgehead atoms. The number of alkyl halides is 2. The maximum absolute atomic E-state index is 13.6. The minimum Gasteiger partial charge on any atom is -0.619 e. The van der Waals surface area contributed by atoms with Gasteiger partial charge in [-0.15, -0.1) is 0 Å². The summed E-state index contributed by atoms with van der Waals surface area (Å²) in [7, 11) is -3.88. The first-order valence-electron chi connectivity index (χ1n) is 16.5. The molecular weight excluding hydrogens is 773 g/mol. The lowest BCUT2D eigenvalue weighted by atomic mass is 10.0. The number of carbonyl (C=O) groups excluding carboxylic acids is 3. The Bertz CT molecular complexity index is 2220. The Labute approximate surface area is 318 Å². The number of ether oxygens (including phenoxy) is 3. The number of hydrogen-bond acceptors (Lipinski definition) is 10. The van der Waals surface area contributed by atoms with Gasteiger partial charge >= 0.3 is 12.6 Å². The first-order valence-corrected chi connectivity index (χ1v) is 19.1. The number of halogens is 4. The average molecular weight is 806 g/mol. The molecule has 2 aromatic carbocycles. The van der Waals surface area contributed by atoms with Gasteiger partial charge in [-0.1, -0.05) is 35.3 Å². The molecule has 0 saturated heterocycles. The topological polar surface area (TPSA) is 159 Å². The molecule has 1 fully saturated rings. The molecule has 3 heterocycles. The maximum Gasteiger partial charge on any atom is 0.387 e. The van der Waals surface area contributed by atoms with Crippen molar-refractivity contribution in [3.63, 3.8) is 0 Å². The molecule has 4 aromatic rings. The second-order valence-corrected chi connectivity index (χ2v) is 15.5. The highest BCUT2D eigenvalue weighted by Crippen LogP contribution is 2.38. The Morgan fingerprint density at radius 2 is 1.74 bits per heavy atom. The first kappa shape index (κ1) is 38.7. The minimum atomic E-state index is -3.88. The second kappa shape index (κ2) is 15.7. The van der Waals surface area contributed by atoms with E-state index in [0.29, 0.717) is 21.0 Å². The van der Waals surface area contributed by atoms with Gasteiger partial charge in [0.15, 0.2) is 23.9 Å². The number of anilines is 1. The van der Waals surface area contributed by atoms with E-state index in [9.17, 15) is 36.8 Å². The van der Waals surface area contributed by atoms with E-state index in [-0.39, 0.29) is 75.0 Å². The van der Waals surface area contributed by atoms with Gasteiger partial charge in [0, 0.05) is 17.7 Å². The summed E-state index contributed by atoms with van der Waals surface area (Å²) in [6.07, 6.45) is 3.44. The van der Waals surface area contributed by atoms with Gasteiger partial charge in [-0.25, -0.2) is 8.42 Å². The van der Waals surface area contributed by atoms with E-state index < -0.39 is 47.1 Å². The zero-order chi connectivity index (χ0) is 38.9. The SMILES string of the molecule is Cc1cccc(CN(c2ccc3c(c2)C(=O)N(CC(=O)OC(Cc2c(Cl)c[n+]([O-])cc2Cl)c2ccc(OC(F)F)c(OCC4CC4)c2)C3=O)S(C)(=O)=O)n1. The van der Waals surface area contributed by atoms with Crippen LogP contribution in [-0.2, 0) is 32.5 Å². The molecule has 0 spiro atoms. The molecule has 6 rings (SSSR count). The van der Waals surface area contributed by atoms with Crippen LogP contribution in [0.3, 0.4) is 0 Å². The highest BCUT2D eigenvalue weighted by Gasteiger charge is 2.39. The molecule has 18 heteroatoms. The predicted octanol–water partition coefficient (Wildman–Crippen LogP) is 5.81. The summed E-state index contributed by atoms with van der Waals surface area (Å²) < 4.78 is 69.8. The number of pyridine rings is 2. The van der Waals surface area contributed by atoms with Crippen molar-refractivity contribution in [1.29, 1.82) is 0 Å². The zero-order valence-corrected chi connectivity index (χ0v) is 31.0. The van der Waals surface area contributed by atoms with Crippen LogP contribution in [0.1, 0.15) is 62.2 Å². The van der Waals surface area contributed by atoms with Crippen LogP contribution in [0, 0.1) is 18.0 Å². The highest BCUT2D eigenvalue weighted by atomic mass is 35.5. The summed E-state index contributed by atoms with van der Waals surface area (Å²) in [5.74, 6) is -2.78. The smallest absolute Gasteiger partial charge is 0.387 e. The lowest BCUT2D eigenvalue weighted by molar-refractivity contribution is -0.605. The van der Waals surface area contributed by atoms with Gasteiger partial charge in [0.1, 0.15) is 22.7 Å². The third-order valence-corrected chi connectivity index (χ3v) is 10.4. The molecule has 2 amide bonds. The molecule has 0 radical (unpaired) electrons. The standard InChI is InChI=1S/C36H32Cl2F2N4O9S/c1-20-4-3-5-23(41-20)15-44(54(2,49)50)24-9-10-25-26(13-24)35(47)43(34(25)46)18-33(45)52-31(14-27-28(37)16-42(48)17-29(27)38)22-8-11-30(53-36(39)40)32(12-22)51-19-21-6-7-21/h3-5,8-13,16-17,21,31,36H,6-7,14-15,18-19H2,1-2H3. The summed E-state index contributed by atoms with van der Waals surface area (Å²) in [6.45, 7) is -2.15. The minimum absolute atomic E-state index is 0.0409. The first-order chi connectivity index (χ1) is 25.6. The van der Waals surface area contributed by atoms with Gasteiger partial charge in [0.05, 0.1) is 41.9 Å². The van der Waals surface area contributed by atoms with E-state index in [1.54, 1.807) is 25.1 Å². The van der Waals surface area contributed by atoms with Crippen molar-refractivity contribution in [1.82, 2.24) is 9.88 Å². The summed E-state index contributed by atoms with van der Waals surface area (Å²) in [6, 6.07) is 13.0. The number of rotatable bonds is 15. The fourth-order valence-electron chi connectivity index (χ4n) is 5.80. The molecule has 1 saturated carbocycles. The van der Waals surface area contributed by atoms with Crippen LogP contribution in [0.15, 0.2) is 67.0 Å². The fraction of sp³-hybridized carbons (Fsp3) is 0.306. The number of nitrogens with zero attached hydrogens (tertiary/aromatic N) is 4. The summed E-state index contributed by atoms with van der Waals surface area (Å²) in [5, 5.41) is 11.8. The Hall–Kier alpha value is -5.06. The van der Waals surface area contributed by atoms with Gasteiger partial charge < -0.3 is 19.4 Å². The molecular formula is C36H32Cl2F2N4O9S. The van der Waals surface area contributed by atoms with Crippen LogP contribution in [0.25, 0.3) is 0 Å². The van der Waals surface area contributed by atoms with Gasteiger partial charge in [0.2, 0.25) is 10.0 Å². The number of aromatic nitrogens is 2. The van der Waals surface area contributed by atoms with Crippen LogP contribution in [0.2, 0.25) is 10.0 Å². The number of carbonyl (C=O) groups is 3. The lowest BCUT2D eigenvalue weighted by Gasteiger charge is -2.23. The molecule has 13 nitrogen and oxygen atoms in total. The molecule has 1 aliphatic carbocycles. The van der Waals surface area contributed by atoms with Gasteiger partial charge in [-0.05, 0) is 73.7 Å². The predicted molar refractivity (Wildman–Crippen MR) is 191 cm³/mol. The van der Waals surface area contributed by atoms with Crippen LogP contribution in [0.5, 0.6) is 11.5 Å². The fourth-order valence-corrected chi connectivity index (χ4v) is 7.26. The molecule has 284 valence electrons. The van der Waals surface area contributed by atoms with Crippen molar-refractivity contribution in [2.75, 3.05) is 23.7 Å².